The van der Waals surface area contributed by atoms with Crippen molar-refractivity contribution < 1.29 is 12.8 Å². The summed E-state index contributed by atoms with van der Waals surface area (Å²) in [6.45, 7) is 0.946. The summed E-state index contributed by atoms with van der Waals surface area (Å²) in [5.41, 5.74) is 1.11. The first kappa shape index (κ1) is 16.2. The lowest BCUT2D eigenvalue weighted by atomic mass is 10.2. The summed E-state index contributed by atoms with van der Waals surface area (Å²) >= 11 is 0. The number of hydrogen-bond donors (Lipinski definition) is 1. The molecule has 0 aromatic carbocycles. The number of aryl methyl sites for hydroxylation is 2. The maximum Gasteiger partial charge on any atom is 0.280 e. The molecule has 1 saturated heterocycles. The predicted octanol–water partition coefficient (Wildman–Crippen LogP) is 1.62. The van der Waals surface area contributed by atoms with Crippen LogP contribution < -0.4 is 4.72 Å². The van der Waals surface area contributed by atoms with Gasteiger partial charge in [0.1, 0.15) is 5.76 Å². The lowest BCUT2D eigenvalue weighted by molar-refractivity contribution is 0.335. The fourth-order valence-electron chi connectivity index (χ4n) is 2.97. The Balaban J connectivity index is 1.54. The van der Waals surface area contributed by atoms with Crippen molar-refractivity contribution in [2.45, 2.75) is 31.7 Å². The highest BCUT2D eigenvalue weighted by Gasteiger charge is 2.36. The van der Waals surface area contributed by atoms with E-state index in [4.69, 9.17) is 4.42 Å². The zero-order valence-corrected chi connectivity index (χ0v) is 14.0. The summed E-state index contributed by atoms with van der Waals surface area (Å²) in [6, 6.07) is 3.43. The number of rotatable bonds is 7. The quantitative estimate of drug-likeness (QED) is 0.778. The molecule has 3 rings (SSSR count). The van der Waals surface area contributed by atoms with E-state index in [1.54, 1.807) is 17.0 Å². The molecule has 0 spiro atoms. The minimum absolute atomic E-state index is 0.194. The largest absolute Gasteiger partial charge is 0.468 e. The highest BCUT2D eigenvalue weighted by molar-refractivity contribution is 7.87. The number of nitrogens with zero attached hydrogens (tertiary/aromatic N) is 3. The van der Waals surface area contributed by atoms with E-state index in [-0.39, 0.29) is 6.04 Å². The molecule has 1 aliphatic heterocycles. The normalized spacial score (nSPS) is 19.4. The van der Waals surface area contributed by atoms with Crippen LogP contribution in [-0.4, -0.2) is 35.6 Å². The van der Waals surface area contributed by atoms with Gasteiger partial charge in [0.15, 0.2) is 0 Å². The van der Waals surface area contributed by atoms with E-state index in [9.17, 15) is 8.42 Å². The molecule has 1 atom stereocenters. The van der Waals surface area contributed by atoms with Gasteiger partial charge in [-0.2, -0.15) is 17.8 Å². The molecule has 1 N–H and O–H groups in total. The lowest BCUT2D eigenvalue weighted by Crippen LogP contribution is -2.40. The number of hydrogen-bond acceptors (Lipinski definition) is 4. The highest BCUT2D eigenvalue weighted by Crippen LogP contribution is 2.33. The van der Waals surface area contributed by atoms with E-state index >= 15 is 0 Å². The van der Waals surface area contributed by atoms with Gasteiger partial charge in [0.2, 0.25) is 0 Å². The summed E-state index contributed by atoms with van der Waals surface area (Å²) in [4.78, 5) is 0. The molecule has 7 nitrogen and oxygen atoms in total. The first-order chi connectivity index (χ1) is 11.1. The zero-order valence-electron chi connectivity index (χ0n) is 13.2. The zero-order chi connectivity index (χ0) is 16.3. The van der Waals surface area contributed by atoms with E-state index in [2.05, 4.69) is 9.82 Å². The second kappa shape index (κ2) is 6.86. The molecule has 1 fully saturated rings. The molecule has 0 unspecified atom stereocenters. The molecule has 0 amide bonds. The monoisotopic (exact) mass is 338 g/mol. The van der Waals surface area contributed by atoms with Crippen molar-refractivity contribution in [1.29, 1.82) is 0 Å². The van der Waals surface area contributed by atoms with Crippen LogP contribution in [0.15, 0.2) is 35.2 Å². The van der Waals surface area contributed by atoms with Gasteiger partial charge in [-0.1, -0.05) is 0 Å². The van der Waals surface area contributed by atoms with Gasteiger partial charge in [-0.3, -0.25) is 4.68 Å². The SMILES string of the molecule is Cn1cc(CCCNS(=O)(=O)N2CCC[C@@H]2c2ccco2)cn1. The Kier molecular flexibility index (Phi) is 4.84. The lowest BCUT2D eigenvalue weighted by Gasteiger charge is -2.22. The first-order valence-electron chi connectivity index (χ1n) is 7.83. The predicted molar refractivity (Wildman–Crippen MR) is 85.8 cm³/mol. The molecular weight excluding hydrogens is 316 g/mol. The van der Waals surface area contributed by atoms with Crippen LogP contribution in [0.2, 0.25) is 0 Å². The summed E-state index contributed by atoms with van der Waals surface area (Å²) in [7, 11) is -1.61. The molecule has 0 radical (unpaired) electrons. The van der Waals surface area contributed by atoms with Gasteiger partial charge in [-0.15, -0.1) is 0 Å². The molecule has 8 heteroatoms. The Bertz CT molecular complexity index is 724. The molecule has 2 aromatic rings. The second-order valence-corrected chi connectivity index (χ2v) is 7.52. The van der Waals surface area contributed by atoms with Crippen molar-refractivity contribution >= 4 is 10.2 Å². The first-order valence-corrected chi connectivity index (χ1v) is 9.27. The van der Waals surface area contributed by atoms with E-state index in [0.29, 0.717) is 18.8 Å². The van der Waals surface area contributed by atoms with Gasteiger partial charge in [-0.05, 0) is 43.4 Å². The van der Waals surface area contributed by atoms with E-state index in [0.717, 1.165) is 31.2 Å². The molecular formula is C15H22N4O3S. The van der Waals surface area contributed by atoms with Crippen LogP contribution in [-0.2, 0) is 23.7 Å². The second-order valence-electron chi connectivity index (χ2n) is 5.81. The third kappa shape index (κ3) is 3.82. The van der Waals surface area contributed by atoms with Gasteiger partial charge >= 0.3 is 0 Å². The topological polar surface area (TPSA) is 80.4 Å². The minimum Gasteiger partial charge on any atom is -0.468 e. The molecule has 23 heavy (non-hydrogen) atoms. The third-order valence-electron chi connectivity index (χ3n) is 4.07. The summed E-state index contributed by atoms with van der Waals surface area (Å²) in [6.07, 6.45) is 8.53. The van der Waals surface area contributed by atoms with Crippen LogP contribution in [0.3, 0.4) is 0 Å². The van der Waals surface area contributed by atoms with Gasteiger partial charge < -0.3 is 4.42 Å². The van der Waals surface area contributed by atoms with Crippen molar-refractivity contribution in [2.24, 2.45) is 7.05 Å². The highest BCUT2D eigenvalue weighted by atomic mass is 32.2. The van der Waals surface area contributed by atoms with Crippen LogP contribution >= 0.6 is 0 Å². The Hall–Kier alpha value is -1.64. The van der Waals surface area contributed by atoms with Crippen molar-refractivity contribution in [3.05, 3.63) is 42.1 Å². The van der Waals surface area contributed by atoms with Crippen molar-refractivity contribution in [3.63, 3.8) is 0 Å². The van der Waals surface area contributed by atoms with Gasteiger partial charge in [0.05, 0.1) is 18.5 Å². The molecule has 2 aromatic heterocycles. The summed E-state index contributed by atoms with van der Waals surface area (Å²) in [5, 5.41) is 4.10. The summed E-state index contributed by atoms with van der Waals surface area (Å²) in [5.74, 6) is 0.711. The number of nitrogens with one attached hydrogen (secondary N) is 1. The van der Waals surface area contributed by atoms with E-state index in [1.807, 2.05) is 25.5 Å². The fourth-order valence-corrected chi connectivity index (χ4v) is 4.45. The average Bonchev–Trinajstić information content (AvgIpc) is 3.24. The van der Waals surface area contributed by atoms with Crippen LogP contribution in [0.25, 0.3) is 0 Å². The van der Waals surface area contributed by atoms with Gasteiger partial charge in [-0.25, -0.2) is 4.72 Å². The van der Waals surface area contributed by atoms with E-state index < -0.39 is 10.2 Å². The molecule has 1 aliphatic rings. The number of aromatic nitrogens is 2. The van der Waals surface area contributed by atoms with Gasteiger partial charge in [0, 0.05) is 26.3 Å². The minimum atomic E-state index is -3.48. The van der Waals surface area contributed by atoms with Crippen molar-refractivity contribution in [3.8, 4) is 0 Å². The summed E-state index contributed by atoms with van der Waals surface area (Å²) < 4.78 is 36.4. The Morgan fingerprint density at radius 1 is 1.48 bits per heavy atom. The van der Waals surface area contributed by atoms with Crippen LogP contribution in [0.5, 0.6) is 0 Å². The molecule has 0 saturated carbocycles. The molecule has 3 heterocycles. The smallest absolute Gasteiger partial charge is 0.280 e. The maximum absolute atomic E-state index is 12.5. The molecule has 0 bridgehead atoms. The Morgan fingerprint density at radius 2 is 2.35 bits per heavy atom. The van der Waals surface area contributed by atoms with Gasteiger partial charge in [0.25, 0.3) is 10.2 Å². The Morgan fingerprint density at radius 3 is 3.04 bits per heavy atom. The van der Waals surface area contributed by atoms with Crippen molar-refractivity contribution in [1.82, 2.24) is 18.8 Å². The van der Waals surface area contributed by atoms with Crippen LogP contribution in [0, 0.1) is 0 Å². The fraction of sp³-hybridized carbons (Fsp3) is 0.533. The van der Waals surface area contributed by atoms with Crippen LogP contribution in [0.1, 0.15) is 36.6 Å². The van der Waals surface area contributed by atoms with E-state index in [1.165, 1.54) is 4.31 Å². The third-order valence-corrected chi connectivity index (χ3v) is 5.69. The van der Waals surface area contributed by atoms with Crippen LogP contribution in [0.4, 0.5) is 0 Å². The number of furan rings is 1. The molecule has 0 aliphatic carbocycles. The maximum atomic E-state index is 12.5. The molecule has 126 valence electrons. The van der Waals surface area contributed by atoms with Crippen molar-refractivity contribution in [2.75, 3.05) is 13.1 Å². The Labute approximate surface area is 136 Å². The average molecular weight is 338 g/mol. The standard InChI is InChI=1S/C15H22N4O3S/c1-18-12-13(11-16-18)5-2-8-17-23(20,21)19-9-3-6-14(19)15-7-4-10-22-15/h4,7,10-12,14,17H,2-3,5-6,8-9H2,1H3/t14-/m1/s1.